The zero-order valence-corrected chi connectivity index (χ0v) is 16.1. The van der Waals surface area contributed by atoms with E-state index in [1.165, 1.54) is 19.2 Å². The summed E-state index contributed by atoms with van der Waals surface area (Å²) in [5, 5.41) is 10.6. The number of hydrogen-bond acceptors (Lipinski definition) is 6. The summed E-state index contributed by atoms with van der Waals surface area (Å²) >= 11 is 0. The molecule has 6 nitrogen and oxygen atoms in total. The highest BCUT2D eigenvalue weighted by Crippen LogP contribution is 2.46. The Morgan fingerprint density at radius 3 is 2.55 bits per heavy atom. The quantitative estimate of drug-likeness (QED) is 0.544. The first-order chi connectivity index (χ1) is 14.8. The molecular weight excluding hydrogens is 415 g/mol. The molecule has 3 aromatic carbocycles. The molecule has 0 aliphatic carbocycles. The van der Waals surface area contributed by atoms with E-state index < -0.39 is 18.1 Å². The van der Waals surface area contributed by atoms with Crippen LogP contribution >= 0.6 is 0 Å². The maximum absolute atomic E-state index is 12.5. The third-order valence-electron chi connectivity index (χ3n) is 4.79. The van der Waals surface area contributed by atoms with Crippen molar-refractivity contribution in [3.05, 3.63) is 53.6 Å². The van der Waals surface area contributed by atoms with Crippen molar-refractivity contribution in [2.75, 3.05) is 13.9 Å². The van der Waals surface area contributed by atoms with Crippen LogP contribution in [0.3, 0.4) is 0 Å². The number of fused-ring (bicyclic) bond motifs is 3. The van der Waals surface area contributed by atoms with Crippen LogP contribution in [-0.2, 0) is 11.2 Å². The molecule has 0 fully saturated rings. The van der Waals surface area contributed by atoms with Crippen LogP contribution in [0.4, 0.5) is 13.2 Å². The van der Waals surface area contributed by atoms with Crippen molar-refractivity contribution in [3.8, 4) is 34.4 Å². The largest absolute Gasteiger partial charge is 0.573 e. The minimum atomic E-state index is -4.82. The predicted octanol–water partition coefficient (Wildman–Crippen LogP) is 4.99. The van der Waals surface area contributed by atoms with E-state index in [0.29, 0.717) is 39.0 Å². The van der Waals surface area contributed by atoms with Gasteiger partial charge in [-0.3, -0.25) is 0 Å². The van der Waals surface area contributed by atoms with Gasteiger partial charge in [0, 0.05) is 5.39 Å². The van der Waals surface area contributed by atoms with Gasteiger partial charge in [0.15, 0.2) is 11.5 Å². The highest BCUT2D eigenvalue weighted by Gasteiger charge is 2.31. The van der Waals surface area contributed by atoms with Gasteiger partial charge >= 0.3 is 12.3 Å². The minimum Gasteiger partial charge on any atom is -0.465 e. The summed E-state index contributed by atoms with van der Waals surface area (Å²) in [4.78, 5) is 12.4. The topological polar surface area (TPSA) is 77.8 Å². The van der Waals surface area contributed by atoms with Crippen LogP contribution in [0, 0.1) is 11.3 Å². The van der Waals surface area contributed by atoms with Crippen LogP contribution in [0.2, 0.25) is 0 Å². The van der Waals surface area contributed by atoms with Crippen LogP contribution in [-0.4, -0.2) is 26.2 Å². The zero-order valence-electron chi connectivity index (χ0n) is 16.1. The van der Waals surface area contributed by atoms with Crippen LogP contribution in [0.15, 0.2) is 42.5 Å². The second-order valence-electron chi connectivity index (χ2n) is 6.57. The zero-order chi connectivity index (χ0) is 22.2. The number of benzene rings is 3. The van der Waals surface area contributed by atoms with Gasteiger partial charge in [0.25, 0.3) is 0 Å². The first-order valence-electron chi connectivity index (χ1n) is 9.02. The normalized spacial score (nSPS) is 12.5. The number of esters is 1. The molecule has 9 heteroatoms. The van der Waals surface area contributed by atoms with Crippen molar-refractivity contribution in [1.82, 2.24) is 0 Å². The Morgan fingerprint density at radius 2 is 1.90 bits per heavy atom. The van der Waals surface area contributed by atoms with Gasteiger partial charge in [-0.15, -0.1) is 13.2 Å². The third-order valence-corrected chi connectivity index (χ3v) is 4.79. The highest BCUT2D eigenvalue weighted by molar-refractivity contribution is 6.09. The SMILES string of the molecule is COC(=O)c1cc2ccc3c(c2c(-c2ccc(OC(F)(F)F)cc2)c1CC#N)OCO3. The molecule has 0 radical (unpaired) electrons. The summed E-state index contributed by atoms with van der Waals surface area (Å²) in [7, 11) is 1.23. The molecule has 158 valence electrons. The van der Waals surface area contributed by atoms with Crippen molar-refractivity contribution >= 4 is 16.7 Å². The van der Waals surface area contributed by atoms with Crippen molar-refractivity contribution in [1.29, 1.82) is 5.26 Å². The van der Waals surface area contributed by atoms with E-state index in [4.69, 9.17) is 14.2 Å². The maximum atomic E-state index is 12.5. The summed E-state index contributed by atoms with van der Waals surface area (Å²) in [5.74, 6) is -0.113. The number of hydrogen-bond donors (Lipinski definition) is 0. The molecule has 0 amide bonds. The molecule has 3 aromatic rings. The van der Waals surface area contributed by atoms with Crippen LogP contribution in [0.5, 0.6) is 17.2 Å². The van der Waals surface area contributed by atoms with Crippen molar-refractivity contribution < 1.29 is 36.9 Å². The molecule has 1 aliphatic rings. The first kappa shape index (κ1) is 20.3. The van der Waals surface area contributed by atoms with Gasteiger partial charge in [0.1, 0.15) is 5.75 Å². The Kier molecular flexibility index (Phi) is 5.07. The van der Waals surface area contributed by atoms with Gasteiger partial charge < -0.3 is 18.9 Å². The van der Waals surface area contributed by atoms with Crippen molar-refractivity contribution in [2.45, 2.75) is 12.8 Å². The summed E-state index contributed by atoms with van der Waals surface area (Å²) in [5.41, 5.74) is 1.50. The molecule has 0 N–H and O–H groups in total. The number of nitriles is 1. The summed E-state index contributed by atoms with van der Waals surface area (Å²) < 4.78 is 57.5. The third kappa shape index (κ3) is 3.80. The Morgan fingerprint density at radius 1 is 1.16 bits per heavy atom. The fourth-order valence-electron chi connectivity index (χ4n) is 3.59. The molecule has 0 saturated heterocycles. The number of nitrogens with zero attached hydrogens (tertiary/aromatic N) is 1. The smallest absolute Gasteiger partial charge is 0.465 e. The van der Waals surface area contributed by atoms with E-state index in [9.17, 15) is 23.2 Å². The lowest BCUT2D eigenvalue weighted by atomic mass is 9.87. The summed E-state index contributed by atoms with van der Waals surface area (Å²) in [6.45, 7) is -0.00141. The molecule has 0 bridgehead atoms. The number of rotatable bonds is 4. The Labute approximate surface area is 174 Å². The lowest BCUT2D eigenvalue weighted by Gasteiger charge is -2.17. The van der Waals surface area contributed by atoms with Gasteiger partial charge in [-0.25, -0.2) is 4.79 Å². The number of alkyl halides is 3. The Bertz CT molecular complexity index is 1210. The van der Waals surface area contributed by atoms with Gasteiger partial charge in [-0.1, -0.05) is 18.2 Å². The summed E-state index contributed by atoms with van der Waals surface area (Å²) in [6.07, 6.45) is -4.96. The first-order valence-corrected chi connectivity index (χ1v) is 9.02. The van der Waals surface area contributed by atoms with Gasteiger partial charge in [-0.2, -0.15) is 5.26 Å². The fourth-order valence-corrected chi connectivity index (χ4v) is 3.59. The predicted molar refractivity (Wildman–Crippen MR) is 103 cm³/mol. The second kappa shape index (κ2) is 7.72. The minimum absolute atomic E-state index is 0.00141. The molecule has 0 unspecified atom stereocenters. The summed E-state index contributed by atoms with van der Waals surface area (Å²) in [6, 6.07) is 12.2. The molecule has 0 aromatic heterocycles. The van der Waals surface area contributed by atoms with Crippen LogP contribution in [0.25, 0.3) is 21.9 Å². The van der Waals surface area contributed by atoms with E-state index in [1.54, 1.807) is 18.2 Å². The number of halogens is 3. The lowest BCUT2D eigenvalue weighted by molar-refractivity contribution is -0.274. The molecule has 31 heavy (non-hydrogen) atoms. The number of ether oxygens (including phenoxy) is 4. The van der Waals surface area contributed by atoms with Gasteiger partial charge in [0.05, 0.1) is 25.2 Å². The molecule has 0 atom stereocenters. The Balaban J connectivity index is 2.01. The van der Waals surface area contributed by atoms with Crippen molar-refractivity contribution in [2.24, 2.45) is 0 Å². The van der Waals surface area contributed by atoms with Crippen molar-refractivity contribution in [3.63, 3.8) is 0 Å². The van der Waals surface area contributed by atoms with E-state index in [0.717, 1.165) is 12.1 Å². The highest BCUT2D eigenvalue weighted by atomic mass is 19.4. The average molecular weight is 429 g/mol. The van der Waals surface area contributed by atoms with E-state index >= 15 is 0 Å². The monoisotopic (exact) mass is 429 g/mol. The Hall–Kier alpha value is -3.93. The molecule has 1 aliphatic heterocycles. The number of carbonyl (C=O) groups excluding carboxylic acids is 1. The fraction of sp³-hybridized carbons (Fsp3) is 0.182. The van der Waals surface area contributed by atoms with E-state index in [2.05, 4.69) is 4.74 Å². The van der Waals surface area contributed by atoms with E-state index in [-0.39, 0.29) is 18.8 Å². The lowest BCUT2D eigenvalue weighted by Crippen LogP contribution is -2.17. The number of methoxy groups -OCH3 is 1. The van der Waals surface area contributed by atoms with Crippen LogP contribution < -0.4 is 14.2 Å². The molecule has 1 heterocycles. The number of carbonyl (C=O) groups is 1. The standard InChI is InChI=1S/C22H14F3NO5/c1-28-21(27)16-10-13-4-7-17-20(30-11-29-17)19(13)18(15(16)8-9-26)12-2-5-14(6-3-12)31-22(23,24)25/h2-7,10H,8,11H2,1H3. The molecule has 4 rings (SSSR count). The molecule has 0 spiro atoms. The van der Waals surface area contributed by atoms with Gasteiger partial charge in [0.2, 0.25) is 6.79 Å². The average Bonchev–Trinajstić information content (AvgIpc) is 3.21. The maximum Gasteiger partial charge on any atom is 0.573 e. The molecule has 0 saturated carbocycles. The van der Waals surface area contributed by atoms with Gasteiger partial charge in [-0.05, 0) is 46.3 Å². The second-order valence-corrected chi connectivity index (χ2v) is 6.57. The van der Waals surface area contributed by atoms with E-state index in [1.807, 2.05) is 6.07 Å². The molecular formula is C22H14F3NO5. The van der Waals surface area contributed by atoms with Crippen LogP contribution in [0.1, 0.15) is 15.9 Å².